The minimum Gasteiger partial charge on any atom is -0.490 e. The molecule has 1 aliphatic heterocycles. The summed E-state index contributed by atoms with van der Waals surface area (Å²) in [6.45, 7) is 3.84. The van der Waals surface area contributed by atoms with Gasteiger partial charge >= 0.3 is 6.03 Å². The Hall–Kier alpha value is -3.62. The number of para-hydroxylation sites is 2. The summed E-state index contributed by atoms with van der Waals surface area (Å²) in [5, 5.41) is 11.0. The average molecular weight is 393 g/mol. The Bertz CT molecular complexity index is 910. The lowest BCUT2D eigenvalue weighted by Crippen LogP contribution is -2.50. The summed E-state index contributed by atoms with van der Waals surface area (Å²) in [5.74, 6) is 1.49. The predicted molar refractivity (Wildman–Crippen MR) is 109 cm³/mol. The Balaban J connectivity index is 1.30. The van der Waals surface area contributed by atoms with Crippen molar-refractivity contribution in [1.82, 2.24) is 24.6 Å². The molecule has 0 saturated carbocycles. The van der Waals surface area contributed by atoms with E-state index in [9.17, 15) is 4.79 Å². The SMILES string of the molecule is O=C(Nc1ccccc1OCCn1ccnc1)N1CCN(c2cccnn2)CC1. The van der Waals surface area contributed by atoms with Crippen molar-refractivity contribution in [1.29, 1.82) is 0 Å². The number of anilines is 2. The molecule has 0 aliphatic carbocycles. The van der Waals surface area contributed by atoms with Crippen LogP contribution in [0.15, 0.2) is 61.3 Å². The first-order valence-corrected chi connectivity index (χ1v) is 9.56. The van der Waals surface area contributed by atoms with E-state index in [0.29, 0.717) is 37.7 Å². The van der Waals surface area contributed by atoms with Crippen molar-refractivity contribution >= 4 is 17.5 Å². The minimum atomic E-state index is -0.130. The number of nitrogens with zero attached hydrogens (tertiary/aromatic N) is 6. The zero-order valence-corrected chi connectivity index (χ0v) is 16.0. The van der Waals surface area contributed by atoms with Gasteiger partial charge in [0.1, 0.15) is 12.4 Å². The van der Waals surface area contributed by atoms with Gasteiger partial charge < -0.3 is 24.4 Å². The van der Waals surface area contributed by atoms with Crippen LogP contribution in [0.5, 0.6) is 5.75 Å². The van der Waals surface area contributed by atoms with Gasteiger partial charge in [-0.15, -0.1) is 5.10 Å². The van der Waals surface area contributed by atoms with E-state index < -0.39 is 0 Å². The number of piperazine rings is 1. The molecule has 1 fully saturated rings. The molecule has 0 spiro atoms. The highest BCUT2D eigenvalue weighted by molar-refractivity contribution is 5.91. The molecule has 2 amide bonds. The number of nitrogens with one attached hydrogen (secondary N) is 1. The van der Waals surface area contributed by atoms with Gasteiger partial charge in [-0.3, -0.25) is 0 Å². The molecular formula is C20H23N7O2. The molecule has 1 saturated heterocycles. The molecule has 9 nitrogen and oxygen atoms in total. The Morgan fingerprint density at radius 3 is 2.69 bits per heavy atom. The highest BCUT2D eigenvalue weighted by Crippen LogP contribution is 2.24. The van der Waals surface area contributed by atoms with Crippen LogP contribution >= 0.6 is 0 Å². The second kappa shape index (κ2) is 9.05. The molecule has 0 atom stereocenters. The number of carbonyl (C=O) groups is 1. The molecule has 1 N–H and O–H groups in total. The van der Waals surface area contributed by atoms with E-state index in [1.54, 1.807) is 23.6 Å². The van der Waals surface area contributed by atoms with Gasteiger partial charge in [0.15, 0.2) is 5.82 Å². The van der Waals surface area contributed by atoms with Crippen LogP contribution < -0.4 is 15.0 Å². The Kier molecular flexibility index (Phi) is 5.84. The lowest BCUT2D eigenvalue weighted by atomic mass is 10.3. The van der Waals surface area contributed by atoms with Crippen molar-refractivity contribution in [3.8, 4) is 5.75 Å². The first kappa shape index (κ1) is 18.7. The van der Waals surface area contributed by atoms with Crippen LogP contribution in [0.4, 0.5) is 16.3 Å². The summed E-state index contributed by atoms with van der Waals surface area (Å²) in [7, 11) is 0. The second-order valence-corrected chi connectivity index (χ2v) is 6.63. The molecule has 0 radical (unpaired) electrons. The van der Waals surface area contributed by atoms with E-state index >= 15 is 0 Å². The molecule has 0 unspecified atom stereocenters. The van der Waals surface area contributed by atoms with Crippen LogP contribution in [0.25, 0.3) is 0 Å². The number of rotatable bonds is 6. The van der Waals surface area contributed by atoms with E-state index in [1.165, 1.54) is 0 Å². The molecule has 2 aromatic heterocycles. The van der Waals surface area contributed by atoms with Gasteiger partial charge in [-0.05, 0) is 24.3 Å². The minimum absolute atomic E-state index is 0.130. The molecule has 9 heteroatoms. The maximum Gasteiger partial charge on any atom is 0.322 e. The first-order chi connectivity index (χ1) is 14.3. The fourth-order valence-electron chi connectivity index (χ4n) is 3.17. The standard InChI is InChI=1S/C20H23N7O2/c28-20(27-12-10-26(11-13-27)19-6-3-7-22-24-19)23-17-4-1-2-5-18(17)29-15-14-25-9-8-21-16-25/h1-9,16H,10-15H2,(H,23,28). The number of imidazole rings is 1. The number of benzene rings is 1. The Morgan fingerprint density at radius 1 is 1.07 bits per heavy atom. The van der Waals surface area contributed by atoms with Crippen LogP contribution in [0.3, 0.4) is 0 Å². The van der Waals surface area contributed by atoms with E-state index in [1.807, 2.05) is 47.2 Å². The summed E-state index contributed by atoms with van der Waals surface area (Å²) in [6, 6.07) is 11.1. The highest BCUT2D eigenvalue weighted by Gasteiger charge is 2.22. The van der Waals surface area contributed by atoms with Gasteiger partial charge in [0.2, 0.25) is 0 Å². The van der Waals surface area contributed by atoms with Gasteiger partial charge in [0.05, 0.1) is 18.6 Å². The van der Waals surface area contributed by atoms with Crippen LogP contribution in [-0.2, 0) is 6.54 Å². The number of urea groups is 1. The van der Waals surface area contributed by atoms with Crippen LogP contribution in [-0.4, -0.2) is 63.5 Å². The molecule has 3 heterocycles. The van der Waals surface area contributed by atoms with Crippen molar-refractivity contribution in [2.45, 2.75) is 6.54 Å². The fraction of sp³-hybridized carbons (Fsp3) is 0.300. The molecular weight excluding hydrogens is 370 g/mol. The second-order valence-electron chi connectivity index (χ2n) is 6.63. The number of aromatic nitrogens is 4. The number of ether oxygens (including phenoxy) is 1. The van der Waals surface area contributed by atoms with Crippen molar-refractivity contribution in [3.05, 3.63) is 61.3 Å². The van der Waals surface area contributed by atoms with Crippen LogP contribution in [0.1, 0.15) is 0 Å². The van der Waals surface area contributed by atoms with Crippen molar-refractivity contribution in [2.24, 2.45) is 0 Å². The molecule has 3 aromatic rings. The lowest BCUT2D eigenvalue weighted by molar-refractivity contribution is 0.208. The predicted octanol–water partition coefficient (Wildman–Crippen LogP) is 2.11. The average Bonchev–Trinajstić information content (AvgIpc) is 3.29. The number of carbonyl (C=O) groups excluding carboxylic acids is 1. The molecule has 4 rings (SSSR count). The van der Waals surface area contributed by atoms with Crippen molar-refractivity contribution < 1.29 is 9.53 Å². The number of hydrogen-bond donors (Lipinski definition) is 1. The zero-order chi connectivity index (χ0) is 19.9. The van der Waals surface area contributed by atoms with Gasteiger partial charge in [-0.2, -0.15) is 5.10 Å². The number of hydrogen-bond acceptors (Lipinski definition) is 6. The van der Waals surface area contributed by atoms with Crippen LogP contribution in [0, 0.1) is 0 Å². The molecule has 150 valence electrons. The molecule has 0 bridgehead atoms. The molecule has 1 aromatic carbocycles. The van der Waals surface area contributed by atoms with Gasteiger partial charge in [-0.25, -0.2) is 9.78 Å². The zero-order valence-electron chi connectivity index (χ0n) is 16.0. The summed E-state index contributed by atoms with van der Waals surface area (Å²) in [4.78, 5) is 20.7. The van der Waals surface area contributed by atoms with E-state index in [4.69, 9.17) is 4.74 Å². The lowest BCUT2D eigenvalue weighted by Gasteiger charge is -2.35. The van der Waals surface area contributed by atoms with E-state index in [-0.39, 0.29) is 6.03 Å². The Labute approximate surface area is 168 Å². The number of amides is 2. The smallest absolute Gasteiger partial charge is 0.322 e. The van der Waals surface area contributed by atoms with Gasteiger partial charge in [-0.1, -0.05) is 12.1 Å². The van der Waals surface area contributed by atoms with Gasteiger partial charge in [0.25, 0.3) is 0 Å². The normalized spacial score (nSPS) is 13.9. The van der Waals surface area contributed by atoms with Gasteiger partial charge in [0, 0.05) is 44.8 Å². The third-order valence-electron chi connectivity index (χ3n) is 4.74. The molecule has 29 heavy (non-hydrogen) atoms. The molecule has 1 aliphatic rings. The largest absolute Gasteiger partial charge is 0.490 e. The summed E-state index contributed by atoms with van der Waals surface area (Å²) in [5.41, 5.74) is 0.666. The van der Waals surface area contributed by atoms with E-state index in [0.717, 1.165) is 18.9 Å². The van der Waals surface area contributed by atoms with Crippen molar-refractivity contribution in [3.63, 3.8) is 0 Å². The maximum absolute atomic E-state index is 12.7. The van der Waals surface area contributed by atoms with Crippen LogP contribution in [0.2, 0.25) is 0 Å². The summed E-state index contributed by atoms with van der Waals surface area (Å²) >= 11 is 0. The van der Waals surface area contributed by atoms with Crippen molar-refractivity contribution in [2.75, 3.05) is 43.0 Å². The quantitative estimate of drug-likeness (QED) is 0.690. The summed E-state index contributed by atoms with van der Waals surface area (Å²) in [6.07, 6.45) is 7.02. The maximum atomic E-state index is 12.7. The first-order valence-electron chi connectivity index (χ1n) is 9.56. The highest BCUT2D eigenvalue weighted by atomic mass is 16.5. The summed E-state index contributed by atoms with van der Waals surface area (Å²) < 4.78 is 7.81. The third-order valence-corrected chi connectivity index (χ3v) is 4.74. The monoisotopic (exact) mass is 393 g/mol. The topological polar surface area (TPSA) is 88.4 Å². The third kappa shape index (κ3) is 4.81. The fourth-order valence-corrected chi connectivity index (χ4v) is 3.17. The van der Waals surface area contributed by atoms with E-state index in [2.05, 4.69) is 25.4 Å². The Morgan fingerprint density at radius 2 is 1.93 bits per heavy atom.